The van der Waals surface area contributed by atoms with Gasteiger partial charge >= 0.3 is 5.97 Å². The number of allylic oxidation sites excluding steroid dienone is 1. The van der Waals surface area contributed by atoms with Crippen LogP contribution in [0.3, 0.4) is 0 Å². The number of rotatable bonds is 2. The molecule has 1 aliphatic carbocycles. The maximum atomic E-state index is 14.1. The first-order valence-corrected chi connectivity index (χ1v) is 8.24. The fourth-order valence-corrected chi connectivity index (χ4v) is 3.56. The van der Waals surface area contributed by atoms with Crippen LogP contribution in [0, 0.1) is 5.82 Å². The highest BCUT2D eigenvalue weighted by atomic mass is 35.5. The lowest BCUT2D eigenvalue weighted by atomic mass is 10.0. The van der Waals surface area contributed by atoms with Gasteiger partial charge < -0.3 is 5.11 Å². The molecule has 1 heterocycles. The second-order valence-electron chi connectivity index (χ2n) is 5.94. The van der Waals surface area contributed by atoms with Crippen LogP contribution >= 0.6 is 11.6 Å². The lowest BCUT2D eigenvalue weighted by Gasteiger charge is -2.09. The van der Waals surface area contributed by atoms with Gasteiger partial charge in [-0.3, -0.25) is 0 Å². The number of benzene rings is 2. The van der Waals surface area contributed by atoms with E-state index in [-0.39, 0.29) is 5.56 Å². The van der Waals surface area contributed by atoms with Crippen molar-refractivity contribution in [2.45, 2.75) is 12.8 Å². The van der Waals surface area contributed by atoms with Crippen molar-refractivity contribution in [2.75, 3.05) is 0 Å². The van der Waals surface area contributed by atoms with Crippen molar-refractivity contribution in [3.05, 3.63) is 75.7 Å². The number of para-hydroxylation sites is 1. The monoisotopic (exact) mass is 353 g/mol. The van der Waals surface area contributed by atoms with Crippen molar-refractivity contribution in [3.63, 3.8) is 0 Å². The Morgan fingerprint density at radius 3 is 2.72 bits per heavy atom. The second kappa shape index (κ2) is 5.97. The third-order valence-electron chi connectivity index (χ3n) is 4.47. The topological polar surface area (TPSA) is 50.2 Å². The lowest BCUT2D eigenvalue weighted by Crippen LogP contribution is -2.05. The van der Waals surface area contributed by atoms with Crippen molar-refractivity contribution in [1.82, 2.24) is 4.98 Å². The molecule has 0 spiro atoms. The van der Waals surface area contributed by atoms with E-state index in [2.05, 4.69) is 4.98 Å². The van der Waals surface area contributed by atoms with E-state index < -0.39 is 11.8 Å². The van der Waals surface area contributed by atoms with Crippen LogP contribution in [0.15, 0.2) is 42.5 Å². The SMILES string of the molecule is O=C(O)c1c2c(nc3ccccc13)/C(=C/c1c(F)cccc1Cl)CC2. The molecule has 3 nitrogen and oxygen atoms in total. The third-order valence-corrected chi connectivity index (χ3v) is 4.80. The number of carbonyl (C=O) groups is 1. The van der Waals surface area contributed by atoms with Gasteiger partial charge in [0.05, 0.1) is 21.8 Å². The molecule has 25 heavy (non-hydrogen) atoms. The van der Waals surface area contributed by atoms with E-state index in [1.807, 2.05) is 6.07 Å². The Kier molecular flexibility index (Phi) is 3.77. The van der Waals surface area contributed by atoms with Crippen LogP contribution < -0.4 is 0 Å². The van der Waals surface area contributed by atoms with Crippen LogP contribution in [-0.4, -0.2) is 16.1 Å². The van der Waals surface area contributed by atoms with Gasteiger partial charge in [0.2, 0.25) is 0 Å². The van der Waals surface area contributed by atoms with E-state index in [0.717, 1.165) is 5.57 Å². The highest BCUT2D eigenvalue weighted by molar-refractivity contribution is 6.32. The summed E-state index contributed by atoms with van der Waals surface area (Å²) < 4.78 is 14.1. The van der Waals surface area contributed by atoms with Gasteiger partial charge in [-0.15, -0.1) is 0 Å². The zero-order chi connectivity index (χ0) is 17.6. The number of carboxylic acid groups (broad SMARTS) is 1. The molecule has 1 aromatic heterocycles. The Balaban J connectivity index is 1.97. The maximum Gasteiger partial charge on any atom is 0.336 e. The van der Waals surface area contributed by atoms with Gasteiger partial charge in [-0.2, -0.15) is 0 Å². The van der Waals surface area contributed by atoms with Gasteiger partial charge in [-0.1, -0.05) is 35.9 Å². The second-order valence-corrected chi connectivity index (χ2v) is 6.35. The Labute approximate surface area is 148 Å². The van der Waals surface area contributed by atoms with Gasteiger partial charge in [0.25, 0.3) is 0 Å². The Morgan fingerprint density at radius 1 is 1.16 bits per heavy atom. The quantitative estimate of drug-likeness (QED) is 0.687. The summed E-state index contributed by atoms with van der Waals surface area (Å²) in [6.07, 6.45) is 2.84. The molecule has 0 unspecified atom stereocenters. The summed E-state index contributed by atoms with van der Waals surface area (Å²) in [5, 5.41) is 10.6. The third kappa shape index (κ3) is 2.59. The van der Waals surface area contributed by atoms with E-state index in [1.54, 1.807) is 36.4 Å². The molecule has 1 aliphatic rings. The summed E-state index contributed by atoms with van der Waals surface area (Å²) in [5.41, 5.74) is 3.32. The largest absolute Gasteiger partial charge is 0.478 e. The molecular formula is C20H13ClFNO2. The molecule has 2 aromatic carbocycles. The minimum absolute atomic E-state index is 0.281. The van der Waals surface area contributed by atoms with Gasteiger partial charge in [0.15, 0.2) is 0 Å². The average molecular weight is 354 g/mol. The molecule has 0 radical (unpaired) electrons. The van der Waals surface area contributed by atoms with Gasteiger partial charge in [0.1, 0.15) is 5.82 Å². The first-order valence-electron chi connectivity index (χ1n) is 7.86. The zero-order valence-electron chi connectivity index (χ0n) is 13.1. The van der Waals surface area contributed by atoms with Crippen molar-refractivity contribution >= 4 is 40.1 Å². The number of halogens is 2. The van der Waals surface area contributed by atoms with Crippen LogP contribution in [0.5, 0.6) is 0 Å². The fraction of sp³-hybridized carbons (Fsp3) is 0.100. The molecule has 0 saturated carbocycles. The Morgan fingerprint density at radius 2 is 1.96 bits per heavy atom. The van der Waals surface area contributed by atoms with Crippen LogP contribution in [-0.2, 0) is 6.42 Å². The number of carboxylic acids is 1. The molecule has 0 amide bonds. The van der Waals surface area contributed by atoms with Crippen molar-refractivity contribution in [3.8, 4) is 0 Å². The highest BCUT2D eigenvalue weighted by Crippen LogP contribution is 2.38. The van der Waals surface area contributed by atoms with E-state index in [9.17, 15) is 14.3 Å². The summed E-state index contributed by atoms with van der Waals surface area (Å²) in [7, 11) is 0. The summed E-state index contributed by atoms with van der Waals surface area (Å²) in [6.45, 7) is 0. The van der Waals surface area contributed by atoms with E-state index in [1.165, 1.54) is 6.07 Å². The minimum Gasteiger partial charge on any atom is -0.478 e. The molecule has 4 rings (SSSR count). The first kappa shape index (κ1) is 15.8. The predicted molar refractivity (Wildman–Crippen MR) is 96.3 cm³/mol. The molecule has 1 N–H and O–H groups in total. The molecule has 5 heteroatoms. The maximum absolute atomic E-state index is 14.1. The van der Waals surface area contributed by atoms with E-state index >= 15 is 0 Å². The normalized spacial score (nSPS) is 14.9. The van der Waals surface area contributed by atoms with Crippen LogP contribution in [0.4, 0.5) is 4.39 Å². The summed E-state index contributed by atoms with van der Waals surface area (Å²) in [4.78, 5) is 16.5. The smallest absolute Gasteiger partial charge is 0.336 e. The first-order chi connectivity index (χ1) is 12.1. The van der Waals surface area contributed by atoms with Gasteiger partial charge in [-0.25, -0.2) is 14.2 Å². The molecule has 0 saturated heterocycles. The number of nitrogens with zero attached hydrogens (tertiary/aromatic N) is 1. The average Bonchev–Trinajstić information content (AvgIpc) is 2.98. The number of hydrogen-bond acceptors (Lipinski definition) is 2. The summed E-state index contributed by atoms with van der Waals surface area (Å²) >= 11 is 6.11. The van der Waals surface area contributed by atoms with Gasteiger partial charge in [0, 0.05) is 10.9 Å². The molecule has 0 bridgehead atoms. The highest BCUT2D eigenvalue weighted by Gasteiger charge is 2.26. The van der Waals surface area contributed by atoms with Gasteiger partial charge in [-0.05, 0) is 48.3 Å². The van der Waals surface area contributed by atoms with E-state index in [0.29, 0.717) is 45.6 Å². The number of aromatic nitrogens is 1. The molecule has 0 fully saturated rings. The number of pyridine rings is 1. The van der Waals surface area contributed by atoms with Crippen molar-refractivity contribution < 1.29 is 14.3 Å². The van der Waals surface area contributed by atoms with Crippen LogP contribution in [0.25, 0.3) is 22.6 Å². The Bertz CT molecular complexity index is 1040. The Hall–Kier alpha value is -2.72. The number of aromatic carboxylic acids is 1. The molecular weight excluding hydrogens is 341 g/mol. The lowest BCUT2D eigenvalue weighted by molar-refractivity contribution is 0.0698. The summed E-state index contributed by atoms with van der Waals surface area (Å²) in [5.74, 6) is -1.38. The molecule has 3 aromatic rings. The van der Waals surface area contributed by atoms with Crippen LogP contribution in [0.1, 0.15) is 33.6 Å². The van der Waals surface area contributed by atoms with Crippen molar-refractivity contribution in [2.24, 2.45) is 0 Å². The predicted octanol–water partition coefficient (Wildman–Crippen LogP) is 5.21. The zero-order valence-corrected chi connectivity index (χ0v) is 13.8. The van der Waals surface area contributed by atoms with Crippen LogP contribution in [0.2, 0.25) is 5.02 Å². The number of fused-ring (bicyclic) bond motifs is 2. The van der Waals surface area contributed by atoms with E-state index in [4.69, 9.17) is 11.6 Å². The summed E-state index contributed by atoms with van der Waals surface area (Å²) in [6, 6.07) is 11.7. The molecule has 0 aliphatic heterocycles. The van der Waals surface area contributed by atoms with Crippen molar-refractivity contribution in [1.29, 1.82) is 0 Å². The standard InChI is InChI=1S/C20H13ClFNO2/c21-15-5-3-6-16(22)14(15)10-11-8-9-13-18(20(24)25)12-4-1-2-7-17(12)23-19(11)13/h1-7,10H,8-9H2,(H,24,25)/b11-10+. The number of hydrogen-bond donors (Lipinski definition) is 1. The fourth-order valence-electron chi connectivity index (χ4n) is 3.35. The molecule has 0 atom stereocenters. The minimum atomic E-state index is -0.972. The molecule has 124 valence electrons.